The third-order valence-corrected chi connectivity index (χ3v) is 5.23. The van der Waals surface area contributed by atoms with Crippen LogP contribution >= 0.6 is 22.7 Å². The molecule has 3 aromatic heterocycles. The quantitative estimate of drug-likeness (QED) is 0.378. The molecule has 0 atom stereocenters. The number of aryl methyl sites for hydroxylation is 1. The molecular formula is C18H26N3S2U. The van der Waals surface area contributed by atoms with Gasteiger partial charge in [0.2, 0.25) is 0 Å². The zero-order valence-corrected chi connectivity index (χ0v) is 20.9. The van der Waals surface area contributed by atoms with Crippen molar-refractivity contribution >= 4 is 44.3 Å². The molecule has 0 saturated carbocycles. The number of nitrogens with two attached hydrogens (primary N) is 1. The van der Waals surface area contributed by atoms with Gasteiger partial charge in [-0.1, -0.05) is 38.7 Å². The maximum Gasteiger partial charge on any atom is 3.00 e. The first-order valence-electron chi connectivity index (χ1n) is 7.13. The van der Waals surface area contributed by atoms with Crippen LogP contribution in [0.5, 0.6) is 0 Å². The number of hydrogen-bond acceptors (Lipinski definition) is 5. The molecule has 0 aliphatic carbocycles. The Morgan fingerprint density at radius 1 is 1.29 bits per heavy atom. The van der Waals surface area contributed by atoms with Crippen molar-refractivity contribution in [3.63, 3.8) is 0 Å². The second-order valence-corrected chi connectivity index (χ2v) is 6.34. The molecule has 24 heavy (non-hydrogen) atoms. The number of pyridine rings is 1. The van der Waals surface area contributed by atoms with E-state index in [-0.39, 0.29) is 46.0 Å². The summed E-state index contributed by atoms with van der Waals surface area (Å²) in [5.41, 5.74) is 8.85. The molecule has 0 saturated heterocycles. The molecule has 3 nitrogen and oxygen atoms in total. The Kier molecular flexibility index (Phi) is 13.7. The molecule has 3 rings (SSSR count). The molecule has 129 valence electrons. The largest absolute Gasteiger partial charge is 3.00 e. The third kappa shape index (κ3) is 5.77. The van der Waals surface area contributed by atoms with Crippen molar-refractivity contribution in [2.75, 3.05) is 11.1 Å². The van der Waals surface area contributed by atoms with Crippen LogP contribution in [0.1, 0.15) is 30.5 Å². The van der Waals surface area contributed by atoms with Crippen LogP contribution in [0.2, 0.25) is 0 Å². The smallest absolute Gasteiger partial charge is 0.431 e. The predicted octanol–water partition coefficient (Wildman–Crippen LogP) is 5.84. The van der Waals surface area contributed by atoms with E-state index in [1.165, 1.54) is 9.75 Å². The van der Waals surface area contributed by atoms with Gasteiger partial charge in [-0.3, -0.25) is 0 Å². The molecule has 3 aromatic rings. The summed E-state index contributed by atoms with van der Waals surface area (Å²) in [4.78, 5) is 6.78. The molecule has 6 heteroatoms. The van der Waals surface area contributed by atoms with E-state index in [0.29, 0.717) is 0 Å². The van der Waals surface area contributed by atoms with Crippen molar-refractivity contribution in [2.24, 2.45) is 0 Å². The maximum absolute atomic E-state index is 6.11. The van der Waals surface area contributed by atoms with E-state index in [4.69, 9.17) is 5.73 Å². The minimum Gasteiger partial charge on any atom is -0.431 e. The standard InChI is InChI=1S/C14H14N3S2.C2H6.2CH3.U/c1-2-11-12(15)13-14(19-11)10(5-6-16-13)17-8-9-4-3-7-18-9;1-2;;;/h3-5,7H,2,8,15H2,1H3,(H,16,17);1-2H3;2*1H3;/q-1;;2*-1;+3. The number of nitrogens with zero attached hydrogens (tertiary/aromatic N) is 1. The van der Waals surface area contributed by atoms with E-state index in [1.54, 1.807) is 22.7 Å². The Bertz CT molecular complexity index is 694. The fraction of sp³-hybridized carbons (Fsp3) is 0.278. The summed E-state index contributed by atoms with van der Waals surface area (Å²) in [5, 5.41) is 5.54. The van der Waals surface area contributed by atoms with Crippen molar-refractivity contribution in [1.29, 1.82) is 0 Å². The third-order valence-electron chi connectivity index (χ3n) is 2.98. The van der Waals surface area contributed by atoms with Crippen LogP contribution in [0.25, 0.3) is 10.2 Å². The summed E-state index contributed by atoms with van der Waals surface area (Å²) in [6.45, 7) is 6.94. The van der Waals surface area contributed by atoms with Crippen LogP contribution in [0.4, 0.5) is 11.4 Å². The minimum atomic E-state index is 0. The average Bonchev–Trinajstić information content (AvgIpc) is 3.16. The first kappa shape index (κ1) is 25.7. The minimum absolute atomic E-state index is 0. The number of anilines is 2. The van der Waals surface area contributed by atoms with Gasteiger partial charge in [0.25, 0.3) is 0 Å². The van der Waals surface area contributed by atoms with E-state index in [2.05, 4.69) is 40.9 Å². The van der Waals surface area contributed by atoms with Gasteiger partial charge in [0.1, 0.15) is 0 Å². The molecule has 0 aliphatic rings. The first-order chi connectivity index (χ1) is 10.3. The Morgan fingerprint density at radius 3 is 2.58 bits per heavy atom. The number of rotatable bonds is 4. The van der Waals surface area contributed by atoms with Gasteiger partial charge in [0, 0.05) is 22.0 Å². The number of hydrogen-bond donors (Lipinski definition) is 2. The van der Waals surface area contributed by atoms with Gasteiger partial charge >= 0.3 is 31.1 Å². The van der Waals surface area contributed by atoms with E-state index >= 15 is 0 Å². The molecular weight excluding hydrogens is 560 g/mol. The van der Waals surface area contributed by atoms with Crippen LogP contribution in [-0.2, 0) is 13.0 Å². The first-order valence-corrected chi connectivity index (χ1v) is 8.83. The van der Waals surface area contributed by atoms with Gasteiger partial charge < -0.3 is 30.9 Å². The molecule has 0 amide bonds. The van der Waals surface area contributed by atoms with Crippen LogP contribution in [0.15, 0.2) is 23.6 Å². The van der Waals surface area contributed by atoms with E-state index in [0.717, 1.165) is 34.6 Å². The molecule has 0 unspecified atom stereocenters. The summed E-state index contributed by atoms with van der Waals surface area (Å²) in [5.74, 6) is 0. The van der Waals surface area contributed by atoms with Crippen molar-refractivity contribution in [2.45, 2.75) is 33.7 Å². The van der Waals surface area contributed by atoms with Gasteiger partial charge in [-0.15, -0.1) is 17.4 Å². The molecule has 0 aliphatic heterocycles. The fourth-order valence-electron chi connectivity index (χ4n) is 1.99. The maximum atomic E-state index is 6.11. The Labute approximate surface area is 178 Å². The normalized spacial score (nSPS) is 8.96. The summed E-state index contributed by atoms with van der Waals surface area (Å²) in [6.07, 6.45) is 3.87. The molecule has 0 fully saturated rings. The molecule has 0 aromatic carbocycles. The second kappa shape index (κ2) is 12.8. The molecule has 3 N–H and O–H groups in total. The Hall–Kier alpha value is -0.538. The monoisotopic (exact) mass is 586 g/mol. The number of nitrogens with one attached hydrogen (secondary N) is 1. The van der Waals surface area contributed by atoms with Crippen molar-refractivity contribution in [1.82, 2.24) is 4.98 Å². The summed E-state index contributed by atoms with van der Waals surface area (Å²) >= 11 is 3.47. The number of thiophene rings is 2. The number of fused-ring (bicyclic) bond motifs is 1. The van der Waals surface area contributed by atoms with Crippen molar-refractivity contribution in [3.05, 3.63) is 54.4 Å². The summed E-state index contributed by atoms with van der Waals surface area (Å²) in [7, 11) is 0. The average molecular weight is 587 g/mol. The van der Waals surface area contributed by atoms with Crippen LogP contribution < -0.4 is 11.1 Å². The predicted molar refractivity (Wildman–Crippen MR) is 108 cm³/mol. The zero-order valence-electron chi connectivity index (χ0n) is 15.1. The van der Waals surface area contributed by atoms with Gasteiger partial charge in [-0.2, -0.15) is 11.3 Å². The van der Waals surface area contributed by atoms with Crippen molar-refractivity contribution < 1.29 is 31.1 Å². The fourth-order valence-corrected chi connectivity index (χ4v) is 3.73. The van der Waals surface area contributed by atoms with Gasteiger partial charge in [0.15, 0.2) is 0 Å². The Morgan fingerprint density at radius 2 is 2.00 bits per heavy atom. The van der Waals surface area contributed by atoms with E-state index in [9.17, 15) is 0 Å². The topological polar surface area (TPSA) is 50.9 Å². The number of nitrogen functional groups attached to an aromatic ring is 1. The van der Waals surface area contributed by atoms with Gasteiger partial charge in [-0.05, 0) is 28.1 Å². The zero-order chi connectivity index (χ0) is 15.2. The van der Waals surface area contributed by atoms with E-state index < -0.39 is 0 Å². The summed E-state index contributed by atoms with van der Waals surface area (Å²) < 4.78 is 1.13. The SMILES string of the molecule is CC.CCc1sc2c(NCc3cccs3)c[c-]nc2c1N.[CH3-].[CH3-].[U+3]. The van der Waals surface area contributed by atoms with E-state index in [1.807, 2.05) is 19.9 Å². The van der Waals surface area contributed by atoms with Crippen LogP contribution in [0, 0.1) is 52.2 Å². The summed E-state index contributed by atoms with van der Waals surface area (Å²) in [6, 6.07) is 6.08. The second-order valence-electron chi connectivity index (χ2n) is 4.20. The van der Waals surface area contributed by atoms with Crippen LogP contribution in [-0.4, -0.2) is 4.98 Å². The van der Waals surface area contributed by atoms with Gasteiger partial charge in [0.05, 0.1) is 0 Å². The number of aromatic nitrogens is 1. The molecule has 1 radical (unpaired) electrons. The Balaban J connectivity index is 0. The molecule has 0 spiro atoms. The molecule has 3 heterocycles. The van der Waals surface area contributed by atoms with Crippen LogP contribution in [0.3, 0.4) is 0 Å². The van der Waals surface area contributed by atoms with Crippen molar-refractivity contribution in [3.8, 4) is 0 Å². The van der Waals surface area contributed by atoms with Gasteiger partial charge in [-0.25, -0.2) is 0 Å². The molecule has 0 bridgehead atoms.